The van der Waals surface area contributed by atoms with Crippen LogP contribution in [0, 0.1) is 0 Å². The summed E-state index contributed by atoms with van der Waals surface area (Å²) in [5, 5.41) is 18.3. The Bertz CT molecular complexity index is 868. The highest BCUT2D eigenvalue weighted by Crippen LogP contribution is 2.43. The summed E-state index contributed by atoms with van der Waals surface area (Å²) in [4.78, 5) is 34.9. The average molecular weight is 749 g/mol. The number of unbranched alkanes of at least 4 members (excludes halogenated alkanes) is 23. The summed E-state index contributed by atoms with van der Waals surface area (Å²) in [5.74, 6) is -0.920. The van der Waals surface area contributed by atoms with E-state index in [0.29, 0.717) is 12.8 Å². The Morgan fingerprint density at radius 1 is 0.569 bits per heavy atom. The molecule has 3 N–H and O–H groups in total. The largest absolute Gasteiger partial charge is 0.472 e. The standard InChI is InChI=1S/C40H77O10P/c1-3-5-7-9-11-13-15-16-17-18-19-20-22-24-26-28-30-32-40(44)50-38(36-49-51(45,46)48-34-37(42)33-41)35-47-39(43)31-29-27-25-23-21-14-12-10-8-6-4-2/h13,15,37-38,41-42H,3-12,14,16-36H2,1-2H3,(H,45,46)/b15-13+/t37-,38+/m0/s1. The van der Waals surface area contributed by atoms with Crippen LogP contribution in [0.2, 0.25) is 0 Å². The van der Waals surface area contributed by atoms with Crippen LogP contribution in [0.15, 0.2) is 12.2 Å². The molecule has 0 aliphatic rings. The van der Waals surface area contributed by atoms with Crippen LogP contribution in [0.25, 0.3) is 0 Å². The van der Waals surface area contributed by atoms with Gasteiger partial charge in [-0.3, -0.25) is 18.6 Å². The second-order valence-corrected chi connectivity index (χ2v) is 15.5. The van der Waals surface area contributed by atoms with E-state index in [1.807, 2.05) is 0 Å². The van der Waals surface area contributed by atoms with Gasteiger partial charge in [-0.05, 0) is 38.5 Å². The number of phosphoric ester groups is 1. The Kier molecular flexibility index (Phi) is 36.1. The Labute approximate surface area is 311 Å². The number of hydrogen-bond donors (Lipinski definition) is 3. The van der Waals surface area contributed by atoms with Crippen molar-refractivity contribution in [3.8, 4) is 0 Å². The molecule has 0 fully saturated rings. The van der Waals surface area contributed by atoms with Gasteiger partial charge in [0.15, 0.2) is 6.10 Å². The first-order valence-corrected chi connectivity index (χ1v) is 22.1. The highest BCUT2D eigenvalue weighted by Gasteiger charge is 2.27. The Hall–Kier alpha value is -1.29. The molecular formula is C40H77O10P. The molecule has 0 saturated carbocycles. The molecule has 0 aromatic rings. The van der Waals surface area contributed by atoms with Gasteiger partial charge in [-0.2, -0.15) is 0 Å². The zero-order chi connectivity index (χ0) is 37.7. The van der Waals surface area contributed by atoms with Crippen LogP contribution in [0.3, 0.4) is 0 Å². The first-order chi connectivity index (χ1) is 24.7. The van der Waals surface area contributed by atoms with E-state index in [1.54, 1.807) is 0 Å². The molecule has 3 atom stereocenters. The first-order valence-electron chi connectivity index (χ1n) is 20.6. The van der Waals surface area contributed by atoms with Gasteiger partial charge in [0.05, 0.1) is 19.8 Å². The number of esters is 2. The normalized spacial score (nSPS) is 14.1. The fourth-order valence-electron chi connectivity index (χ4n) is 5.69. The lowest BCUT2D eigenvalue weighted by Gasteiger charge is -2.20. The Morgan fingerprint density at radius 2 is 0.961 bits per heavy atom. The number of allylic oxidation sites excluding steroid dienone is 2. The maximum Gasteiger partial charge on any atom is 0.472 e. The summed E-state index contributed by atoms with van der Waals surface area (Å²) < 4.78 is 32.6. The minimum atomic E-state index is -4.61. The molecule has 302 valence electrons. The molecule has 0 rings (SSSR count). The van der Waals surface area contributed by atoms with Gasteiger partial charge in [0.25, 0.3) is 0 Å². The van der Waals surface area contributed by atoms with Crippen molar-refractivity contribution >= 4 is 19.8 Å². The van der Waals surface area contributed by atoms with Crippen LogP contribution in [0.5, 0.6) is 0 Å². The van der Waals surface area contributed by atoms with Crippen molar-refractivity contribution in [2.24, 2.45) is 0 Å². The lowest BCUT2D eigenvalue weighted by Crippen LogP contribution is -2.29. The van der Waals surface area contributed by atoms with Crippen molar-refractivity contribution in [1.82, 2.24) is 0 Å². The van der Waals surface area contributed by atoms with E-state index < -0.39 is 51.8 Å². The van der Waals surface area contributed by atoms with Crippen LogP contribution in [-0.2, 0) is 32.7 Å². The highest BCUT2D eigenvalue weighted by molar-refractivity contribution is 7.47. The van der Waals surface area contributed by atoms with Gasteiger partial charge in [-0.25, -0.2) is 4.57 Å². The molecule has 0 saturated heterocycles. The molecule has 0 aromatic carbocycles. The molecule has 0 radical (unpaired) electrons. The summed E-state index contributed by atoms with van der Waals surface area (Å²) >= 11 is 0. The Balaban J connectivity index is 4.28. The predicted octanol–water partition coefficient (Wildman–Crippen LogP) is 10.4. The quantitative estimate of drug-likeness (QED) is 0.0240. The van der Waals surface area contributed by atoms with Gasteiger partial charge in [0.2, 0.25) is 0 Å². The molecule has 0 aliphatic heterocycles. The summed E-state index contributed by atoms with van der Waals surface area (Å²) in [6, 6.07) is 0. The van der Waals surface area contributed by atoms with Crippen LogP contribution < -0.4 is 0 Å². The molecule has 0 aromatic heterocycles. The minimum Gasteiger partial charge on any atom is -0.462 e. The Morgan fingerprint density at radius 3 is 1.43 bits per heavy atom. The van der Waals surface area contributed by atoms with Gasteiger partial charge in [-0.15, -0.1) is 0 Å². The topological polar surface area (TPSA) is 149 Å². The molecule has 0 bridgehead atoms. The number of rotatable bonds is 39. The monoisotopic (exact) mass is 749 g/mol. The van der Waals surface area contributed by atoms with Crippen molar-refractivity contribution in [2.45, 2.75) is 206 Å². The van der Waals surface area contributed by atoms with Gasteiger partial charge < -0.3 is 24.6 Å². The third-order valence-electron chi connectivity index (χ3n) is 8.92. The third kappa shape index (κ3) is 36.8. The molecular weight excluding hydrogens is 671 g/mol. The highest BCUT2D eigenvalue weighted by atomic mass is 31.2. The van der Waals surface area contributed by atoms with E-state index in [-0.39, 0.29) is 19.4 Å². The smallest absolute Gasteiger partial charge is 0.462 e. The number of aliphatic hydroxyl groups excluding tert-OH is 2. The van der Waals surface area contributed by atoms with Crippen molar-refractivity contribution in [3.05, 3.63) is 12.2 Å². The second-order valence-electron chi connectivity index (χ2n) is 14.0. The van der Waals surface area contributed by atoms with Gasteiger partial charge in [0, 0.05) is 12.8 Å². The van der Waals surface area contributed by atoms with Crippen LogP contribution in [0.4, 0.5) is 0 Å². The van der Waals surface area contributed by atoms with Crippen molar-refractivity contribution in [2.75, 3.05) is 26.4 Å². The third-order valence-corrected chi connectivity index (χ3v) is 9.87. The zero-order valence-electron chi connectivity index (χ0n) is 32.6. The van der Waals surface area contributed by atoms with E-state index >= 15 is 0 Å². The summed E-state index contributed by atoms with van der Waals surface area (Å²) in [6.07, 6.45) is 33.2. The average Bonchev–Trinajstić information content (AvgIpc) is 3.12. The fourth-order valence-corrected chi connectivity index (χ4v) is 6.48. The summed E-state index contributed by atoms with van der Waals surface area (Å²) in [5.41, 5.74) is 0. The maximum absolute atomic E-state index is 12.6. The van der Waals surface area contributed by atoms with Gasteiger partial charge in [0.1, 0.15) is 12.7 Å². The predicted molar refractivity (Wildman–Crippen MR) is 205 cm³/mol. The van der Waals surface area contributed by atoms with Crippen molar-refractivity contribution < 1.29 is 47.8 Å². The number of phosphoric acid groups is 1. The van der Waals surface area contributed by atoms with E-state index in [1.165, 1.54) is 116 Å². The van der Waals surface area contributed by atoms with E-state index in [0.717, 1.165) is 38.5 Å². The van der Waals surface area contributed by atoms with Gasteiger partial charge >= 0.3 is 19.8 Å². The molecule has 0 aliphatic carbocycles. The molecule has 11 heteroatoms. The number of carbonyl (C=O) groups is 2. The van der Waals surface area contributed by atoms with E-state index in [4.69, 9.17) is 19.1 Å². The lowest BCUT2D eigenvalue weighted by atomic mass is 10.1. The lowest BCUT2D eigenvalue weighted by molar-refractivity contribution is -0.161. The van der Waals surface area contributed by atoms with E-state index in [2.05, 4.69) is 30.5 Å². The summed E-state index contributed by atoms with van der Waals surface area (Å²) in [6.45, 7) is 2.37. The number of ether oxygens (including phenoxy) is 2. The van der Waals surface area contributed by atoms with Crippen molar-refractivity contribution in [1.29, 1.82) is 0 Å². The number of aliphatic hydroxyl groups is 2. The van der Waals surface area contributed by atoms with Gasteiger partial charge in [-0.1, -0.05) is 154 Å². The molecule has 0 spiro atoms. The second kappa shape index (κ2) is 37.0. The summed E-state index contributed by atoms with van der Waals surface area (Å²) in [7, 11) is -4.61. The maximum atomic E-state index is 12.6. The molecule has 51 heavy (non-hydrogen) atoms. The van der Waals surface area contributed by atoms with Crippen molar-refractivity contribution in [3.63, 3.8) is 0 Å². The molecule has 0 amide bonds. The molecule has 1 unspecified atom stereocenters. The number of hydrogen-bond acceptors (Lipinski definition) is 9. The van der Waals surface area contributed by atoms with Crippen LogP contribution in [0.1, 0.15) is 194 Å². The molecule has 0 heterocycles. The first kappa shape index (κ1) is 49.7. The number of carbonyl (C=O) groups excluding carboxylic acids is 2. The SMILES string of the molecule is CCCCCC/C=C/CCCCCCCCCCCC(=O)O[C@H](COC(=O)CCCCCCCCCCCCC)COP(=O)(O)OC[C@@H](O)CO. The fraction of sp³-hybridized carbons (Fsp3) is 0.900. The van der Waals surface area contributed by atoms with Crippen LogP contribution in [-0.4, -0.2) is 65.7 Å². The minimum absolute atomic E-state index is 0.186. The molecule has 10 nitrogen and oxygen atoms in total. The van der Waals surface area contributed by atoms with Crippen LogP contribution >= 0.6 is 7.82 Å². The zero-order valence-corrected chi connectivity index (χ0v) is 33.5. The van der Waals surface area contributed by atoms with E-state index in [9.17, 15) is 24.2 Å².